The standard InChI is InChI=1S/C29H37ClN4/c1-5-6-15-34-27(28(30)33-29(34)25-10-8-7-9-21(25)4)17-24(20(2)3)19-31-18-22-11-12-26-23(16-22)13-14-32-26/h7-14,16,20,24,31-32H,5-6,15,17-19H2,1-4H3. The second kappa shape index (κ2) is 11.2. The highest BCUT2D eigenvalue weighted by Gasteiger charge is 2.23. The highest BCUT2D eigenvalue weighted by atomic mass is 35.5. The lowest BCUT2D eigenvalue weighted by atomic mass is 9.91. The fourth-order valence-electron chi connectivity index (χ4n) is 4.64. The normalized spacial score (nSPS) is 12.6. The molecular formula is C29H37ClN4. The molecule has 2 aromatic carbocycles. The number of H-pyrrole nitrogens is 1. The van der Waals surface area contributed by atoms with E-state index in [2.05, 4.69) is 91.1 Å². The van der Waals surface area contributed by atoms with Crippen LogP contribution < -0.4 is 5.32 Å². The van der Waals surface area contributed by atoms with Crippen LogP contribution in [0.4, 0.5) is 0 Å². The smallest absolute Gasteiger partial charge is 0.150 e. The Morgan fingerprint density at radius 2 is 1.94 bits per heavy atom. The van der Waals surface area contributed by atoms with E-state index in [4.69, 9.17) is 16.6 Å². The molecule has 4 aromatic rings. The molecule has 180 valence electrons. The number of imidazole rings is 1. The average molecular weight is 477 g/mol. The molecule has 34 heavy (non-hydrogen) atoms. The largest absolute Gasteiger partial charge is 0.361 e. The molecule has 0 amide bonds. The van der Waals surface area contributed by atoms with Crippen molar-refractivity contribution in [3.05, 3.63) is 76.7 Å². The maximum Gasteiger partial charge on any atom is 0.150 e. The Kier molecular flexibility index (Phi) is 8.12. The number of hydrogen-bond donors (Lipinski definition) is 2. The van der Waals surface area contributed by atoms with Gasteiger partial charge in [-0.1, -0.05) is 69.1 Å². The molecule has 1 unspecified atom stereocenters. The first-order valence-corrected chi connectivity index (χ1v) is 12.9. The summed E-state index contributed by atoms with van der Waals surface area (Å²) in [4.78, 5) is 8.13. The van der Waals surface area contributed by atoms with Gasteiger partial charge in [0.25, 0.3) is 0 Å². The van der Waals surface area contributed by atoms with E-state index in [1.165, 1.54) is 33.3 Å². The number of unbranched alkanes of at least 4 members (excludes halogenated alkanes) is 1. The van der Waals surface area contributed by atoms with Crippen LogP contribution in [0.15, 0.2) is 54.7 Å². The number of halogens is 1. The minimum Gasteiger partial charge on any atom is -0.361 e. The number of aromatic amines is 1. The number of nitrogens with one attached hydrogen (secondary N) is 2. The van der Waals surface area contributed by atoms with Crippen LogP contribution in [-0.2, 0) is 19.5 Å². The van der Waals surface area contributed by atoms with Crippen molar-refractivity contribution >= 4 is 22.5 Å². The lowest BCUT2D eigenvalue weighted by molar-refractivity contribution is 0.352. The Bertz CT molecular complexity index is 1220. The molecule has 0 aliphatic rings. The topological polar surface area (TPSA) is 45.6 Å². The number of rotatable bonds is 11. The van der Waals surface area contributed by atoms with Crippen LogP contribution in [0.3, 0.4) is 0 Å². The summed E-state index contributed by atoms with van der Waals surface area (Å²) in [6.45, 7) is 11.7. The van der Waals surface area contributed by atoms with E-state index < -0.39 is 0 Å². The molecule has 2 N–H and O–H groups in total. The van der Waals surface area contributed by atoms with Crippen LogP contribution in [0.2, 0.25) is 5.15 Å². The van der Waals surface area contributed by atoms with Crippen LogP contribution in [-0.4, -0.2) is 21.1 Å². The van der Waals surface area contributed by atoms with Gasteiger partial charge in [-0.3, -0.25) is 0 Å². The fraction of sp³-hybridized carbons (Fsp3) is 0.414. The molecule has 1 atom stereocenters. The third-order valence-corrected chi connectivity index (χ3v) is 7.20. The predicted molar refractivity (Wildman–Crippen MR) is 144 cm³/mol. The quantitative estimate of drug-likeness (QED) is 0.237. The Labute approximate surface area is 208 Å². The summed E-state index contributed by atoms with van der Waals surface area (Å²) in [6.07, 6.45) is 5.17. The second-order valence-electron chi connectivity index (χ2n) is 9.73. The van der Waals surface area contributed by atoms with Gasteiger partial charge in [-0.25, -0.2) is 4.98 Å². The maximum absolute atomic E-state index is 6.80. The van der Waals surface area contributed by atoms with Gasteiger partial charge in [0.1, 0.15) is 5.82 Å². The van der Waals surface area contributed by atoms with E-state index >= 15 is 0 Å². The van der Waals surface area contributed by atoms with Gasteiger partial charge in [-0.2, -0.15) is 0 Å². The number of hydrogen-bond acceptors (Lipinski definition) is 2. The number of nitrogens with zero attached hydrogens (tertiary/aromatic N) is 2. The van der Waals surface area contributed by atoms with Crippen molar-refractivity contribution in [2.75, 3.05) is 6.54 Å². The van der Waals surface area contributed by atoms with Gasteiger partial charge in [-0.15, -0.1) is 0 Å². The lowest BCUT2D eigenvalue weighted by Crippen LogP contribution is -2.28. The van der Waals surface area contributed by atoms with Crippen molar-refractivity contribution < 1.29 is 0 Å². The van der Waals surface area contributed by atoms with Crippen LogP contribution in [0.1, 0.15) is 50.4 Å². The molecule has 0 bridgehead atoms. The van der Waals surface area contributed by atoms with Crippen LogP contribution in [0.25, 0.3) is 22.3 Å². The third kappa shape index (κ3) is 5.56. The Morgan fingerprint density at radius 3 is 2.71 bits per heavy atom. The van der Waals surface area contributed by atoms with Crippen molar-refractivity contribution in [2.45, 2.75) is 60.0 Å². The van der Waals surface area contributed by atoms with E-state index in [9.17, 15) is 0 Å². The van der Waals surface area contributed by atoms with Gasteiger partial charge in [-0.05, 0) is 72.9 Å². The van der Waals surface area contributed by atoms with Crippen LogP contribution >= 0.6 is 11.6 Å². The first kappa shape index (κ1) is 24.6. The summed E-state index contributed by atoms with van der Waals surface area (Å²) in [7, 11) is 0. The summed E-state index contributed by atoms with van der Waals surface area (Å²) in [5.41, 5.74) is 6.06. The Morgan fingerprint density at radius 1 is 1.12 bits per heavy atom. The minimum absolute atomic E-state index is 0.468. The number of aromatic nitrogens is 3. The first-order chi connectivity index (χ1) is 16.5. The fourth-order valence-corrected chi connectivity index (χ4v) is 4.90. The van der Waals surface area contributed by atoms with Gasteiger partial charge in [0.15, 0.2) is 5.15 Å². The van der Waals surface area contributed by atoms with Crippen molar-refractivity contribution in [3.8, 4) is 11.4 Å². The Balaban J connectivity index is 1.52. The SMILES string of the molecule is CCCCn1c(-c2ccccc2C)nc(Cl)c1CC(CNCc1ccc2[nH]ccc2c1)C(C)C. The Hall–Kier alpha value is -2.56. The molecule has 4 rings (SSSR count). The van der Waals surface area contributed by atoms with Gasteiger partial charge < -0.3 is 14.9 Å². The molecule has 0 fully saturated rings. The van der Waals surface area contributed by atoms with Crippen molar-refractivity contribution in [2.24, 2.45) is 11.8 Å². The monoisotopic (exact) mass is 476 g/mol. The molecule has 0 spiro atoms. The van der Waals surface area contributed by atoms with E-state index in [1.54, 1.807) is 0 Å². The average Bonchev–Trinajstić information content (AvgIpc) is 3.41. The van der Waals surface area contributed by atoms with E-state index in [1.807, 2.05) is 6.20 Å². The summed E-state index contributed by atoms with van der Waals surface area (Å²) >= 11 is 6.80. The second-order valence-corrected chi connectivity index (χ2v) is 10.1. The number of benzene rings is 2. The molecular weight excluding hydrogens is 440 g/mol. The van der Waals surface area contributed by atoms with Crippen molar-refractivity contribution in [1.82, 2.24) is 19.9 Å². The zero-order chi connectivity index (χ0) is 24.1. The first-order valence-electron chi connectivity index (χ1n) is 12.6. The van der Waals surface area contributed by atoms with E-state index in [-0.39, 0.29) is 0 Å². The highest BCUT2D eigenvalue weighted by Crippen LogP contribution is 2.31. The number of aryl methyl sites for hydroxylation is 1. The van der Waals surface area contributed by atoms with Gasteiger partial charge in [0.2, 0.25) is 0 Å². The molecule has 0 aliphatic heterocycles. The maximum atomic E-state index is 6.80. The predicted octanol–water partition coefficient (Wildman–Crippen LogP) is 7.40. The van der Waals surface area contributed by atoms with E-state index in [0.717, 1.165) is 44.7 Å². The van der Waals surface area contributed by atoms with E-state index in [0.29, 0.717) is 17.0 Å². The molecule has 2 aromatic heterocycles. The lowest BCUT2D eigenvalue weighted by Gasteiger charge is -2.23. The van der Waals surface area contributed by atoms with Crippen molar-refractivity contribution in [1.29, 1.82) is 0 Å². The third-order valence-electron chi connectivity index (χ3n) is 6.90. The molecule has 0 saturated heterocycles. The highest BCUT2D eigenvalue weighted by molar-refractivity contribution is 6.30. The summed E-state index contributed by atoms with van der Waals surface area (Å²) in [5.74, 6) is 2.00. The minimum atomic E-state index is 0.468. The zero-order valence-corrected chi connectivity index (χ0v) is 21.6. The molecule has 0 radical (unpaired) electrons. The molecule has 5 heteroatoms. The van der Waals surface area contributed by atoms with Crippen LogP contribution in [0.5, 0.6) is 0 Å². The molecule has 2 heterocycles. The number of fused-ring (bicyclic) bond motifs is 1. The summed E-state index contributed by atoms with van der Waals surface area (Å²) in [6, 6.07) is 17.2. The van der Waals surface area contributed by atoms with Crippen molar-refractivity contribution in [3.63, 3.8) is 0 Å². The summed E-state index contributed by atoms with van der Waals surface area (Å²) < 4.78 is 2.38. The van der Waals surface area contributed by atoms with Gasteiger partial charge in [0, 0.05) is 30.4 Å². The zero-order valence-electron chi connectivity index (χ0n) is 20.9. The van der Waals surface area contributed by atoms with Gasteiger partial charge in [0.05, 0.1) is 5.69 Å². The van der Waals surface area contributed by atoms with Crippen LogP contribution in [0, 0.1) is 18.8 Å². The molecule has 0 saturated carbocycles. The molecule has 0 aliphatic carbocycles. The van der Waals surface area contributed by atoms with Gasteiger partial charge >= 0.3 is 0 Å². The molecule has 4 nitrogen and oxygen atoms in total. The summed E-state index contributed by atoms with van der Waals surface area (Å²) in [5, 5.41) is 5.62.